The number of hydrogen-bond acceptors (Lipinski definition) is 5. The van der Waals surface area contributed by atoms with Crippen LogP contribution in [0.25, 0.3) is 0 Å². The second-order valence-corrected chi connectivity index (χ2v) is 7.40. The highest BCUT2D eigenvalue weighted by Gasteiger charge is 2.32. The van der Waals surface area contributed by atoms with E-state index in [0.717, 1.165) is 12.1 Å². The number of halogens is 3. The summed E-state index contributed by atoms with van der Waals surface area (Å²) < 4.78 is 78.4. The summed E-state index contributed by atoms with van der Waals surface area (Å²) >= 11 is 0. The van der Waals surface area contributed by atoms with Crippen LogP contribution in [0.15, 0.2) is 23.1 Å². The molecule has 0 aliphatic carbocycles. The first-order valence-electron chi connectivity index (χ1n) is 7.83. The summed E-state index contributed by atoms with van der Waals surface area (Å²) in [4.78, 5) is -0.0924. The Kier molecular flexibility index (Phi) is 6.05. The Morgan fingerprint density at radius 3 is 2.41 bits per heavy atom. The molecule has 0 aliphatic rings. The van der Waals surface area contributed by atoms with E-state index in [9.17, 15) is 21.6 Å². The second-order valence-electron chi connectivity index (χ2n) is 5.78. The highest BCUT2D eigenvalue weighted by atomic mass is 32.2. The molecule has 1 N–H and O–H groups in total. The normalized spacial score (nSPS) is 12.3. The number of aryl methyl sites for hydroxylation is 2. The fraction of sp³-hybridized carbons (Fsp3) is 0.438. The third-order valence-electron chi connectivity index (χ3n) is 3.81. The summed E-state index contributed by atoms with van der Waals surface area (Å²) in [6.07, 6.45) is -4.63. The third-order valence-corrected chi connectivity index (χ3v) is 5.42. The minimum absolute atomic E-state index is 0.0391. The molecule has 2 aromatic rings. The van der Waals surface area contributed by atoms with Crippen LogP contribution < -0.4 is 9.46 Å². The molecule has 0 unspecified atom stereocenters. The van der Waals surface area contributed by atoms with Crippen molar-refractivity contribution in [3.8, 4) is 5.75 Å². The summed E-state index contributed by atoms with van der Waals surface area (Å²) in [7, 11) is -1.17. The van der Waals surface area contributed by atoms with Crippen molar-refractivity contribution in [1.29, 1.82) is 0 Å². The average molecular weight is 407 g/mol. The van der Waals surface area contributed by atoms with Gasteiger partial charge in [0.25, 0.3) is 10.0 Å². The first-order valence-corrected chi connectivity index (χ1v) is 9.31. The number of aromatic nitrogens is 2. The third kappa shape index (κ3) is 4.72. The molecule has 1 heterocycles. The molecule has 7 nitrogen and oxygen atoms in total. The van der Waals surface area contributed by atoms with Gasteiger partial charge >= 0.3 is 6.18 Å². The van der Waals surface area contributed by atoms with Crippen molar-refractivity contribution in [3.63, 3.8) is 0 Å². The summed E-state index contributed by atoms with van der Waals surface area (Å²) in [5.74, 6) is -0.0391. The Labute approximate surface area is 155 Å². The lowest BCUT2D eigenvalue weighted by Gasteiger charge is -2.16. The Hall–Kier alpha value is -2.27. The second kappa shape index (κ2) is 7.77. The predicted molar refractivity (Wildman–Crippen MR) is 92.3 cm³/mol. The Balaban J connectivity index is 2.47. The van der Waals surface area contributed by atoms with Crippen LogP contribution in [0.1, 0.15) is 17.0 Å². The molecule has 0 saturated heterocycles. The maximum absolute atomic E-state index is 13.0. The largest absolute Gasteiger partial charge is 0.489 e. The predicted octanol–water partition coefficient (Wildman–Crippen LogP) is 2.88. The zero-order valence-electron chi connectivity index (χ0n) is 15.2. The van der Waals surface area contributed by atoms with E-state index in [-0.39, 0.29) is 35.2 Å². The summed E-state index contributed by atoms with van der Waals surface area (Å²) in [6, 6.07) is 2.58. The molecule has 0 radical (unpaired) electrons. The van der Waals surface area contributed by atoms with Crippen LogP contribution in [-0.4, -0.2) is 38.5 Å². The highest BCUT2D eigenvalue weighted by molar-refractivity contribution is 7.92. The van der Waals surface area contributed by atoms with Gasteiger partial charge in [-0.3, -0.25) is 9.40 Å². The van der Waals surface area contributed by atoms with E-state index in [2.05, 4.69) is 9.82 Å². The SMILES string of the molecule is COCCOc1ccc(C(F)(F)F)cc1NS(=O)(=O)c1c(C)nn(C)c1C. The number of benzene rings is 1. The molecule has 0 fully saturated rings. The fourth-order valence-electron chi connectivity index (χ4n) is 2.49. The number of nitrogens with one attached hydrogen (secondary N) is 1. The lowest BCUT2D eigenvalue weighted by Crippen LogP contribution is -2.17. The molecular formula is C16H20F3N3O4S. The van der Waals surface area contributed by atoms with Crippen LogP contribution in [0.3, 0.4) is 0 Å². The highest BCUT2D eigenvalue weighted by Crippen LogP contribution is 2.36. The summed E-state index contributed by atoms with van der Waals surface area (Å²) in [5, 5.41) is 4.03. The zero-order valence-corrected chi connectivity index (χ0v) is 16.0. The van der Waals surface area contributed by atoms with Crippen molar-refractivity contribution in [3.05, 3.63) is 35.2 Å². The van der Waals surface area contributed by atoms with Crippen LogP contribution in [0.2, 0.25) is 0 Å². The lowest BCUT2D eigenvalue weighted by atomic mass is 10.2. The minimum Gasteiger partial charge on any atom is -0.489 e. The Morgan fingerprint density at radius 1 is 1.22 bits per heavy atom. The van der Waals surface area contributed by atoms with Gasteiger partial charge in [-0.15, -0.1) is 0 Å². The average Bonchev–Trinajstić information content (AvgIpc) is 2.80. The van der Waals surface area contributed by atoms with Crippen molar-refractivity contribution in [1.82, 2.24) is 9.78 Å². The molecule has 2 rings (SSSR count). The molecule has 150 valence electrons. The van der Waals surface area contributed by atoms with Crippen molar-refractivity contribution in [2.75, 3.05) is 25.0 Å². The van der Waals surface area contributed by atoms with Gasteiger partial charge in [-0.25, -0.2) is 8.42 Å². The molecular weight excluding hydrogens is 387 g/mol. The Morgan fingerprint density at radius 2 is 1.89 bits per heavy atom. The van der Waals surface area contributed by atoms with Gasteiger partial charge in [0, 0.05) is 14.2 Å². The van der Waals surface area contributed by atoms with Crippen LogP contribution in [0.4, 0.5) is 18.9 Å². The smallest absolute Gasteiger partial charge is 0.416 e. The first-order chi connectivity index (χ1) is 12.5. The van der Waals surface area contributed by atoms with Gasteiger partial charge in [0.1, 0.15) is 17.3 Å². The van der Waals surface area contributed by atoms with Gasteiger partial charge in [-0.05, 0) is 32.0 Å². The van der Waals surface area contributed by atoms with E-state index in [1.807, 2.05) is 0 Å². The van der Waals surface area contributed by atoms with Crippen molar-refractivity contribution >= 4 is 15.7 Å². The molecule has 0 aliphatic heterocycles. The summed E-state index contributed by atoms with van der Waals surface area (Å²) in [6.45, 7) is 3.29. The molecule has 0 bridgehead atoms. The topological polar surface area (TPSA) is 82.4 Å². The molecule has 0 saturated carbocycles. The molecule has 1 aromatic carbocycles. The van der Waals surface area contributed by atoms with Crippen molar-refractivity contribution < 1.29 is 31.1 Å². The van der Waals surface area contributed by atoms with E-state index in [1.54, 1.807) is 14.0 Å². The molecule has 27 heavy (non-hydrogen) atoms. The van der Waals surface area contributed by atoms with E-state index in [1.165, 1.54) is 18.7 Å². The van der Waals surface area contributed by atoms with Gasteiger partial charge in [0.15, 0.2) is 0 Å². The van der Waals surface area contributed by atoms with E-state index < -0.39 is 21.8 Å². The quantitative estimate of drug-likeness (QED) is 0.714. The number of rotatable bonds is 7. The molecule has 1 aromatic heterocycles. The van der Waals surface area contributed by atoms with Crippen LogP contribution in [0.5, 0.6) is 5.75 Å². The maximum Gasteiger partial charge on any atom is 0.416 e. The standard InChI is InChI=1S/C16H20F3N3O4S/c1-10-15(11(2)22(3)20-10)27(23,24)21-13-9-12(16(17,18)19)5-6-14(13)26-8-7-25-4/h5-6,9,21H,7-8H2,1-4H3. The van der Waals surface area contributed by atoms with Gasteiger partial charge in [0.05, 0.1) is 29.2 Å². The van der Waals surface area contributed by atoms with Crippen LogP contribution in [-0.2, 0) is 28.0 Å². The molecule has 0 atom stereocenters. The van der Waals surface area contributed by atoms with E-state index >= 15 is 0 Å². The number of sulfonamides is 1. The van der Waals surface area contributed by atoms with Crippen LogP contribution >= 0.6 is 0 Å². The maximum atomic E-state index is 13.0. The Bertz CT molecular complexity index is 924. The lowest BCUT2D eigenvalue weighted by molar-refractivity contribution is -0.137. The van der Waals surface area contributed by atoms with Crippen LogP contribution in [0, 0.1) is 13.8 Å². The molecule has 0 amide bonds. The van der Waals surface area contributed by atoms with Crippen molar-refractivity contribution in [2.45, 2.75) is 24.9 Å². The van der Waals surface area contributed by atoms with Gasteiger partial charge in [-0.2, -0.15) is 18.3 Å². The van der Waals surface area contributed by atoms with Gasteiger partial charge in [-0.1, -0.05) is 0 Å². The number of alkyl halides is 3. The zero-order chi connectivity index (χ0) is 20.4. The van der Waals surface area contributed by atoms with Crippen molar-refractivity contribution in [2.24, 2.45) is 7.05 Å². The first kappa shape index (κ1) is 21.0. The monoisotopic (exact) mass is 407 g/mol. The number of anilines is 1. The van der Waals surface area contributed by atoms with E-state index in [4.69, 9.17) is 9.47 Å². The fourth-order valence-corrected chi connectivity index (χ4v) is 3.99. The molecule has 11 heteroatoms. The number of methoxy groups -OCH3 is 1. The minimum atomic E-state index is -4.63. The number of ether oxygens (including phenoxy) is 2. The van der Waals surface area contributed by atoms with E-state index in [0.29, 0.717) is 11.8 Å². The summed E-state index contributed by atoms with van der Waals surface area (Å²) in [5.41, 5.74) is -0.729. The van der Waals surface area contributed by atoms with Gasteiger partial charge < -0.3 is 9.47 Å². The number of hydrogen-bond donors (Lipinski definition) is 1. The number of nitrogens with zero attached hydrogens (tertiary/aromatic N) is 2. The molecule has 0 spiro atoms. The van der Waals surface area contributed by atoms with Gasteiger partial charge in [0.2, 0.25) is 0 Å².